The Morgan fingerprint density at radius 2 is 2.37 bits per heavy atom. The van der Waals surface area contributed by atoms with Gasteiger partial charge >= 0.3 is 0 Å². The van der Waals surface area contributed by atoms with Crippen molar-refractivity contribution in [2.45, 2.75) is 26.0 Å². The Balaban J connectivity index is 2.21. The Bertz CT molecular complexity index is 427. The number of nitrogens with one attached hydrogen (secondary N) is 1. The maximum Gasteiger partial charge on any atom is 0.133 e. The SMILES string of the molecule is CNCc1cc(Br)cnc1N1CCC(C)C(OC)C1. The first-order chi connectivity index (χ1) is 9.15. The molecular weight excluding hydrogens is 306 g/mol. The number of rotatable bonds is 4. The van der Waals surface area contributed by atoms with Crippen LogP contribution in [-0.2, 0) is 11.3 Å². The number of piperidine rings is 1. The second-order valence-electron chi connectivity index (χ2n) is 5.15. The van der Waals surface area contributed by atoms with Gasteiger partial charge in [-0.3, -0.25) is 0 Å². The zero-order chi connectivity index (χ0) is 13.8. The molecule has 0 aliphatic carbocycles. The van der Waals surface area contributed by atoms with Crippen molar-refractivity contribution in [1.82, 2.24) is 10.3 Å². The number of halogens is 1. The van der Waals surface area contributed by atoms with Crippen LogP contribution in [0.5, 0.6) is 0 Å². The van der Waals surface area contributed by atoms with E-state index in [0.717, 1.165) is 36.3 Å². The van der Waals surface area contributed by atoms with E-state index >= 15 is 0 Å². The van der Waals surface area contributed by atoms with Gasteiger partial charge in [-0.25, -0.2) is 4.98 Å². The van der Waals surface area contributed by atoms with E-state index in [1.54, 1.807) is 7.11 Å². The molecule has 0 aromatic carbocycles. The highest BCUT2D eigenvalue weighted by Gasteiger charge is 2.27. The lowest BCUT2D eigenvalue weighted by Crippen LogP contribution is -2.44. The third-order valence-electron chi connectivity index (χ3n) is 3.77. The summed E-state index contributed by atoms with van der Waals surface area (Å²) in [5.41, 5.74) is 1.22. The average Bonchev–Trinajstić information content (AvgIpc) is 2.40. The van der Waals surface area contributed by atoms with Crippen LogP contribution >= 0.6 is 15.9 Å². The highest BCUT2D eigenvalue weighted by atomic mass is 79.9. The van der Waals surface area contributed by atoms with E-state index in [1.165, 1.54) is 5.56 Å². The molecule has 106 valence electrons. The van der Waals surface area contributed by atoms with E-state index in [0.29, 0.717) is 12.0 Å². The molecule has 0 bridgehead atoms. The predicted octanol–water partition coefficient (Wildman–Crippen LogP) is 2.42. The molecule has 2 atom stereocenters. The molecule has 5 heteroatoms. The summed E-state index contributed by atoms with van der Waals surface area (Å²) in [6.07, 6.45) is 3.31. The van der Waals surface area contributed by atoms with E-state index in [2.05, 4.69) is 44.1 Å². The number of pyridine rings is 1. The number of nitrogens with zero attached hydrogens (tertiary/aromatic N) is 2. The van der Waals surface area contributed by atoms with Gasteiger partial charge in [0.25, 0.3) is 0 Å². The van der Waals surface area contributed by atoms with Gasteiger partial charge in [0.2, 0.25) is 0 Å². The van der Waals surface area contributed by atoms with Crippen LogP contribution in [-0.4, -0.2) is 38.3 Å². The lowest BCUT2D eigenvalue weighted by molar-refractivity contribution is 0.0496. The zero-order valence-electron chi connectivity index (χ0n) is 11.8. The standard InChI is InChI=1S/C14H22BrN3O/c1-10-4-5-18(9-13(10)19-3)14-11(7-16-2)6-12(15)8-17-14/h6,8,10,13,16H,4-5,7,9H2,1-3H3. The molecule has 1 aliphatic rings. The predicted molar refractivity (Wildman–Crippen MR) is 81.5 cm³/mol. The van der Waals surface area contributed by atoms with Crippen molar-refractivity contribution in [2.75, 3.05) is 32.1 Å². The summed E-state index contributed by atoms with van der Waals surface area (Å²) in [7, 11) is 3.76. The molecule has 1 aromatic heterocycles. The topological polar surface area (TPSA) is 37.4 Å². The van der Waals surface area contributed by atoms with E-state index < -0.39 is 0 Å². The van der Waals surface area contributed by atoms with Crippen LogP contribution in [0.3, 0.4) is 0 Å². The van der Waals surface area contributed by atoms with Crippen molar-refractivity contribution in [3.63, 3.8) is 0 Å². The van der Waals surface area contributed by atoms with Crippen molar-refractivity contribution in [2.24, 2.45) is 5.92 Å². The summed E-state index contributed by atoms with van der Waals surface area (Å²) in [5.74, 6) is 1.69. The number of aromatic nitrogens is 1. The quantitative estimate of drug-likeness (QED) is 0.921. The molecule has 1 aromatic rings. The van der Waals surface area contributed by atoms with Crippen LogP contribution in [0.1, 0.15) is 18.9 Å². The minimum Gasteiger partial charge on any atom is -0.379 e. The third kappa shape index (κ3) is 3.46. The van der Waals surface area contributed by atoms with Crippen LogP contribution in [0.15, 0.2) is 16.7 Å². The van der Waals surface area contributed by atoms with Gasteiger partial charge in [0.1, 0.15) is 5.82 Å². The number of hydrogen-bond donors (Lipinski definition) is 1. The summed E-state index contributed by atoms with van der Waals surface area (Å²) in [5, 5.41) is 3.21. The Morgan fingerprint density at radius 1 is 1.58 bits per heavy atom. The molecule has 0 radical (unpaired) electrons. The Hall–Kier alpha value is -0.650. The summed E-state index contributed by atoms with van der Waals surface area (Å²) in [6, 6.07) is 2.14. The van der Waals surface area contributed by atoms with Gasteiger partial charge in [-0.1, -0.05) is 6.92 Å². The number of methoxy groups -OCH3 is 1. The van der Waals surface area contributed by atoms with Crippen molar-refractivity contribution >= 4 is 21.7 Å². The monoisotopic (exact) mass is 327 g/mol. The molecule has 2 heterocycles. The molecule has 19 heavy (non-hydrogen) atoms. The summed E-state index contributed by atoms with van der Waals surface area (Å²) >= 11 is 3.49. The first-order valence-electron chi connectivity index (χ1n) is 6.72. The summed E-state index contributed by atoms with van der Waals surface area (Å²) < 4.78 is 6.61. The smallest absolute Gasteiger partial charge is 0.133 e. The fourth-order valence-electron chi connectivity index (χ4n) is 2.61. The molecule has 2 rings (SSSR count). The lowest BCUT2D eigenvalue weighted by Gasteiger charge is -2.37. The zero-order valence-corrected chi connectivity index (χ0v) is 13.4. The summed E-state index contributed by atoms with van der Waals surface area (Å²) in [4.78, 5) is 6.94. The second kappa shape index (κ2) is 6.68. The van der Waals surface area contributed by atoms with Gasteiger partial charge in [0.15, 0.2) is 0 Å². The van der Waals surface area contributed by atoms with Gasteiger partial charge in [-0.2, -0.15) is 0 Å². The Kier molecular flexibility index (Phi) is 5.19. The molecule has 0 amide bonds. The fourth-order valence-corrected chi connectivity index (χ4v) is 2.99. The molecule has 1 fully saturated rings. The maximum absolute atomic E-state index is 5.58. The van der Waals surface area contributed by atoms with Gasteiger partial charge in [-0.05, 0) is 41.4 Å². The first-order valence-corrected chi connectivity index (χ1v) is 7.51. The molecular formula is C14H22BrN3O. The van der Waals surface area contributed by atoms with Crippen LogP contribution < -0.4 is 10.2 Å². The molecule has 2 unspecified atom stereocenters. The lowest BCUT2D eigenvalue weighted by atomic mass is 9.95. The highest BCUT2D eigenvalue weighted by Crippen LogP contribution is 2.27. The molecule has 1 aliphatic heterocycles. The largest absolute Gasteiger partial charge is 0.379 e. The highest BCUT2D eigenvalue weighted by molar-refractivity contribution is 9.10. The van der Waals surface area contributed by atoms with E-state index in [-0.39, 0.29) is 0 Å². The van der Waals surface area contributed by atoms with Gasteiger partial charge in [-0.15, -0.1) is 0 Å². The molecule has 4 nitrogen and oxygen atoms in total. The van der Waals surface area contributed by atoms with Crippen molar-refractivity contribution in [1.29, 1.82) is 0 Å². The van der Waals surface area contributed by atoms with E-state index in [4.69, 9.17) is 4.74 Å². The maximum atomic E-state index is 5.58. The average molecular weight is 328 g/mol. The molecule has 0 saturated carbocycles. The minimum atomic E-state index is 0.293. The molecule has 1 saturated heterocycles. The van der Waals surface area contributed by atoms with Gasteiger partial charge in [0.05, 0.1) is 6.10 Å². The fraction of sp³-hybridized carbons (Fsp3) is 0.643. The normalized spacial score (nSPS) is 23.7. The van der Waals surface area contributed by atoms with Crippen molar-refractivity contribution in [3.8, 4) is 0 Å². The number of hydrogen-bond acceptors (Lipinski definition) is 4. The molecule has 1 N–H and O–H groups in total. The van der Waals surface area contributed by atoms with Crippen LogP contribution in [0.2, 0.25) is 0 Å². The Labute approximate surface area is 123 Å². The first kappa shape index (κ1) is 14.8. The second-order valence-corrected chi connectivity index (χ2v) is 6.07. The van der Waals surface area contributed by atoms with Crippen molar-refractivity contribution < 1.29 is 4.74 Å². The van der Waals surface area contributed by atoms with Crippen molar-refractivity contribution in [3.05, 3.63) is 22.3 Å². The van der Waals surface area contributed by atoms with E-state index in [9.17, 15) is 0 Å². The van der Waals surface area contributed by atoms with Crippen LogP contribution in [0, 0.1) is 5.92 Å². The van der Waals surface area contributed by atoms with E-state index in [1.807, 2.05) is 13.2 Å². The third-order valence-corrected chi connectivity index (χ3v) is 4.20. The van der Waals surface area contributed by atoms with Crippen LogP contribution in [0.25, 0.3) is 0 Å². The van der Waals surface area contributed by atoms with Gasteiger partial charge < -0.3 is 15.0 Å². The van der Waals surface area contributed by atoms with Crippen LogP contribution in [0.4, 0.5) is 5.82 Å². The number of ether oxygens (including phenoxy) is 1. The number of anilines is 1. The summed E-state index contributed by atoms with van der Waals surface area (Å²) in [6.45, 7) is 5.05. The Morgan fingerprint density at radius 3 is 3.05 bits per heavy atom. The molecule has 0 spiro atoms. The van der Waals surface area contributed by atoms with Gasteiger partial charge in [0, 0.05) is 43.0 Å². The minimum absolute atomic E-state index is 0.293.